The van der Waals surface area contributed by atoms with E-state index in [2.05, 4.69) is 23.4 Å². The van der Waals surface area contributed by atoms with Crippen molar-refractivity contribution in [2.75, 3.05) is 31.6 Å². The molecular weight excluding hydrogens is 204 g/mol. The molecule has 2 nitrogen and oxygen atoms in total. The first-order chi connectivity index (χ1) is 7.29. The van der Waals surface area contributed by atoms with E-state index in [1.165, 1.54) is 44.6 Å². The van der Waals surface area contributed by atoms with Crippen LogP contribution in [0.2, 0.25) is 0 Å². The Morgan fingerprint density at radius 1 is 1.40 bits per heavy atom. The van der Waals surface area contributed by atoms with E-state index in [1.807, 2.05) is 11.8 Å². The standard InChI is InChI=1S/C12H24N2S/c1-10(9-15-2)7-13-11-5-6-14(8-11)12-3-4-12/h10-13H,3-9H2,1-2H3. The van der Waals surface area contributed by atoms with Crippen molar-refractivity contribution in [1.82, 2.24) is 10.2 Å². The maximum absolute atomic E-state index is 3.72. The molecule has 3 heteroatoms. The fourth-order valence-corrected chi connectivity index (χ4v) is 3.12. The fourth-order valence-electron chi connectivity index (χ4n) is 2.44. The monoisotopic (exact) mass is 228 g/mol. The molecule has 0 bridgehead atoms. The van der Waals surface area contributed by atoms with E-state index in [0.717, 1.165) is 18.0 Å². The molecule has 0 aromatic heterocycles. The Labute approximate surface area is 98.2 Å². The van der Waals surface area contributed by atoms with Crippen LogP contribution in [0.4, 0.5) is 0 Å². The molecule has 2 fully saturated rings. The highest BCUT2D eigenvalue weighted by molar-refractivity contribution is 7.98. The Morgan fingerprint density at radius 2 is 2.20 bits per heavy atom. The van der Waals surface area contributed by atoms with Crippen LogP contribution in [-0.4, -0.2) is 48.6 Å². The number of hydrogen-bond donors (Lipinski definition) is 1. The molecule has 2 aliphatic rings. The third-order valence-electron chi connectivity index (χ3n) is 3.49. The first-order valence-electron chi connectivity index (χ1n) is 6.26. The van der Waals surface area contributed by atoms with Gasteiger partial charge in [0, 0.05) is 25.2 Å². The summed E-state index contributed by atoms with van der Waals surface area (Å²) in [7, 11) is 0. The Hall–Kier alpha value is 0.270. The normalized spacial score (nSPS) is 29.6. The molecular formula is C12H24N2S. The molecule has 1 saturated carbocycles. The molecule has 0 amide bonds. The molecule has 0 aromatic rings. The highest BCUT2D eigenvalue weighted by Crippen LogP contribution is 2.29. The van der Waals surface area contributed by atoms with E-state index < -0.39 is 0 Å². The summed E-state index contributed by atoms with van der Waals surface area (Å²) in [5.74, 6) is 2.10. The fraction of sp³-hybridized carbons (Fsp3) is 1.00. The summed E-state index contributed by atoms with van der Waals surface area (Å²) >= 11 is 1.96. The van der Waals surface area contributed by atoms with Gasteiger partial charge in [0.15, 0.2) is 0 Å². The maximum Gasteiger partial charge on any atom is 0.0207 e. The Balaban J connectivity index is 1.59. The molecule has 2 unspecified atom stereocenters. The molecule has 0 radical (unpaired) electrons. The van der Waals surface area contributed by atoms with Gasteiger partial charge in [-0.15, -0.1) is 0 Å². The zero-order valence-corrected chi connectivity index (χ0v) is 10.9. The quantitative estimate of drug-likeness (QED) is 0.746. The molecule has 1 aliphatic carbocycles. The first kappa shape index (κ1) is 11.7. The summed E-state index contributed by atoms with van der Waals surface area (Å²) in [6.07, 6.45) is 6.47. The molecule has 88 valence electrons. The summed E-state index contributed by atoms with van der Waals surface area (Å²) in [5.41, 5.74) is 0. The van der Waals surface area contributed by atoms with Crippen LogP contribution >= 0.6 is 11.8 Å². The third-order valence-corrected chi connectivity index (χ3v) is 4.39. The van der Waals surface area contributed by atoms with Crippen LogP contribution in [0, 0.1) is 5.92 Å². The highest BCUT2D eigenvalue weighted by Gasteiger charge is 2.34. The second kappa shape index (κ2) is 5.55. The zero-order chi connectivity index (χ0) is 10.7. The van der Waals surface area contributed by atoms with Gasteiger partial charge < -0.3 is 5.32 Å². The van der Waals surface area contributed by atoms with Crippen molar-refractivity contribution in [3.63, 3.8) is 0 Å². The summed E-state index contributed by atoms with van der Waals surface area (Å²) < 4.78 is 0. The van der Waals surface area contributed by atoms with Gasteiger partial charge in [-0.2, -0.15) is 11.8 Å². The van der Waals surface area contributed by atoms with Gasteiger partial charge in [0.25, 0.3) is 0 Å². The van der Waals surface area contributed by atoms with E-state index >= 15 is 0 Å². The van der Waals surface area contributed by atoms with Gasteiger partial charge in [-0.1, -0.05) is 6.92 Å². The third kappa shape index (κ3) is 3.65. The summed E-state index contributed by atoms with van der Waals surface area (Å²) in [5, 5.41) is 3.72. The molecule has 0 aromatic carbocycles. The molecule has 1 saturated heterocycles. The Kier molecular flexibility index (Phi) is 4.35. The molecule has 2 rings (SSSR count). The van der Waals surface area contributed by atoms with Gasteiger partial charge in [-0.25, -0.2) is 0 Å². The van der Waals surface area contributed by atoms with Crippen molar-refractivity contribution in [2.45, 2.75) is 38.3 Å². The Morgan fingerprint density at radius 3 is 2.87 bits per heavy atom. The SMILES string of the molecule is CSCC(C)CNC1CCN(C2CC2)C1. The van der Waals surface area contributed by atoms with E-state index in [9.17, 15) is 0 Å². The number of rotatable bonds is 6. The van der Waals surface area contributed by atoms with Crippen LogP contribution in [0.15, 0.2) is 0 Å². The summed E-state index contributed by atoms with van der Waals surface area (Å²) in [6.45, 7) is 6.18. The average molecular weight is 228 g/mol. The van der Waals surface area contributed by atoms with Crippen LogP contribution < -0.4 is 5.32 Å². The van der Waals surface area contributed by atoms with Gasteiger partial charge in [0.05, 0.1) is 0 Å². The number of nitrogens with one attached hydrogen (secondary N) is 1. The minimum absolute atomic E-state index is 0.773. The topological polar surface area (TPSA) is 15.3 Å². The molecule has 1 aliphatic heterocycles. The van der Waals surface area contributed by atoms with Gasteiger partial charge in [-0.3, -0.25) is 4.90 Å². The molecule has 1 N–H and O–H groups in total. The smallest absolute Gasteiger partial charge is 0.0207 e. The van der Waals surface area contributed by atoms with Gasteiger partial charge >= 0.3 is 0 Å². The lowest BCUT2D eigenvalue weighted by atomic mass is 10.2. The minimum atomic E-state index is 0.773. The van der Waals surface area contributed by atoms with Crippen LogP contribution in [-0.2, 0) is 0 Å². The minimum Gasteiger partial charge on any atom is -0.312 e. The highest BCUT2D eigenvalue weighted by atomic mass is 32.2. The van der Waals surface area contributed by atoms with Crippen LogP contribution in [0.25, 0.3) is 0 Å². The van der Waals surface area contributed by atoms with E-state index in [4.69, 9.17) is 0 Å². The summed E-state index contributed by atoms with van der Waals surface area (Å²) in [6, 6.07) is 1.73. The second-order valence-electron chi connectivity index (χ2n) is 5.18. The molecule has 2 atom stereocenters. The van der Waals surface area contributed by atoms with Crippen molar-refractivity contribution in [3.05, 3.63) is 0 Å². The van der Waals surface area contributed by atoms with E-state index in [-0.39, 0.29) is 0 Å². The van der Waals surface area contributed by atoms with Gasteiger partial charge in [0.2, 0.25) is 0 Å². The number of likely N-dealkylation sites (tertiary alicyclic amines) is 1. The van der Waals surface area contributed by atoms with Crippen molar-refractivity contribution in [1.29, 1.82) is 0 Å². The van der Waals surface area contributed by atoms with Crippen LogP contribution in [0.1, 0.15) is 26.2 Å². The number of thioether (sulfide) groups is 1. The van der Waals surface area contributed by atoms with E-state index in [1.54, 1.807) is 0 Å². The summed E-state index contributed by atoms with van der Waals surface area (Å²) in [4.78, 5) is 2.68. The first-order valence-corrected chi connectivity index (χ1v) is 7.65. The zero-order valence-electron chi connectivity index (χ0n) is 10.0. The van der Waals surface area contributed by atoms with Crippen LogP contribution in [0.3, 0.4) is 0 Å². The predicted octanol–water partition coefficient (Wildman–Crippen LogP) is 1.81. The van der Waals surface area contributed by atoms with Crippen molar-refractivity contribution >= 4 is 11.8 Å². The van der Waals surface area contributed by atoms with E-state index in [0.29, 0.717) is 0 Å². The maximum atomic E-state index is 3.72. The number of hydrogen-bond acceptors (Lipinski definition) is 3. The molecule has 0 spiro atoms. The van der Waals surface area contributed by atoms with Gasteiger partial charge in [0.1, 0.15) is 0 Å². The Bertz CT molecular complexity index is 194. The molecule has 15 heavy (non-hydrogen) atoms. The second-order valence-corrected chi connectivity index (χ2v) is 6.09. The van der Waals surface area contributed by atoms with Crippen molar-refractivity contribution < 1.29 is 0 Å². The number of nitrogens with zero attached hydrogens (tertiary/aromatic N) is 1. The predicted molar refractivity (Wildman–Crippen MR) is 68.5 cm³/mol. The average Bonchev–Trinajstić information content (AvgIpc) is 2.96. The lowest BCUT2D eigenvalue weighted by Crippen LogP contribution is -2.36. The van der Waals surface area contributed by atoms with Crippen molar-refractivity contribution in [2.24, 2.45) is 5.92 Å². The lowest BCUT2D eigenvalue weighted by molar-refractivity contribution is 0.316. The lowest BCUT2D eigenvalue weighted by Gasteiger charge is -2.18. The van der Waals surface area contributed by atoms with Crippen molar-refractivity contribution in [3.8, 4) is 0 Å². The molecule has 1 heterocycles. The largest absolute Gasteiger partial charge is 0.312 e. The van der Waals surface area contributed by atoms with Gasteiger partial charge in [-0.05, 0) is 43.7 Å². The van der Waals surface area contributed by atoms with Crippen LogP contribution in [0.5, 0.6) is 0 Å².